The van der Waals surface area contributed by atoms with Gasteiger partial charge in [-0.05, 0) is 26.0 Å². The number of hydrogen-bond donors (Lipinski definition) is 1. The normalized spacial score (nSPS) is 10.2. The zero-order valence-corrected chi connectivity index (χ0v) is 11.4. The largest absolute Gasteiger partial charge is 0.490 e. The Morgan fingerprint density at radius 3 is 2.50 bits per heavy atom. The van der Waals surface area contributed by atoms with Crippen LogP contribution in [0.2, 0.25) is 0 Å². The van der Waals surface area contributed by atoms with Crippen LogP contribution in [0.4, 0.5) is 15.9 Å². The van der Waals surface area contributed by atoms with E-state index in [-0.39, 0.29) is 0 Å². The number of anilines is 2. The lowest BCUT2D eigenvalue weighted by Crippen LogP contribution is -2.00. The molecule has 0 radical (unpaired) electrons. The van der Waals surface area contributed by atoms with Crippen LogP contribution in [0.3, 0.4) is 0 Å². The van der Waals surface area contributed by atoms with E-state index >= 15 is 0 Å². The molecule has 0 spiro atoms. The highest BCUT2D eigenvalue weighted by Gasteiger charge is 2.07. The van der Waals surface area contributed by atoms with Gasteiger partial charge in [0.25, 0.3) is 0 Å². The van der Waals surface area contributed by atoms with E-state index in [1.165, 1.54) is 6.07 Å². The monoisotopic (exact) mass is 277 g/mol. The molecule has 0 aliphatic rings. The predicted octanol–water partition coefficient (Wildman–Crippen LogP) is 3.16. The highest BCUT2D eigenvalue weighted by atomic mass is 19.1. The smallest absolute Gasteiger partial charge is 0.218 e. The van der Waals surface area contributed by atoms with E-state index in [1.807, 2.05) is 19.9 Å². The first-order valence-corrected chi connectivity index (χ1v) is 6.37. The summed E-state index contributed by atoms with van der Waals surface area (Å²) in [5.74, 6) is 1.10. The minimum Gasteiger partial charge on any atom is -0.490 e. The summed E-state index contributed by atoms with van der Waals surface area (Å²) in [4.78, 5) is 7.34. The van der Waals surface area contributed by atoms with E-state index < -0.39 is 5.95 Å². The van der Waals surface area contributed by atoms with Crippen molar-refractivity contribution in [1.82, 2.24) is 9.97 Å². The Morgan fingerprint density at radius 2 is 1.80 bits per heavy atom. The average Bonchev–Trinajstić information content (AvgIpc) is 2.42. The number of halogens is 1. The molecule has 1 heterocycles. The van der Waals surface area contributed by atoms with Gasteiger partial charge < -0.3 is 14.8 Å². The summed E-state index contributed by atoms with van der Waals surface area (Å²) in [7, 11) is 0. The number of benzene rings is 1. The topological polar surface area (TPSA) is 56.3 Å². The van der Waals surface area contributed by atoms with Crippen LogP contribution in [0, 0.1) is 5.95 Å². The van der Waals surface area contributed by atoms with Crippen molar-refractivity contribution in [2.24, 2.45) is 0 Å². The van der Waals surface area contributed by atoms with Crippen molar-refractivity contribution in [3.05, 3.63) is 36.5 Å². The van der Waals surface area contributed by atoms with Crippen molar-refractivity contribution < 1.29 is 13.9 Å². The first-order valence-electron chi connectivity index (χ1n) is 6.37. The average molecular weight is 277 g/mol. The van der Waals surface area contributed by atoms with Gasteiger partial charge >= 0.3 is 0 Å². The van der Waals surface area contributed by atoms with Gasteiger partial charge in [0.05, 0.1) is 13.2 Å². The Balaban J connectivity index is 2.22. The molecule has 20 heavy (non-hydrogen) atoms. The Labute approximate surface area is 116 Å². The van der Waals surface area contributed by atoms with Crippen molar-refractivity contribution in [2.45, 2.75) is 13.8 Å². The van der Waals surface area contributed by atoms with E-state index in [0.29, 0.717) is 30.5 Å². The van der Waals surface area contributed by atoms with Gasteiger partial charge in [-0.25, -0.2) is 9.97 Å². The number of hydrogen-bond acceptors (Lipinski definition) is 5. The van der Waals surface area contributed by atoms with Gasteiger partial charge in [0.1, 0.15) is 12.1 Å². The summed E-state index contributed by atoms with van der Waals surface area (Å²) < 4.78 is 24.0. The van der Waals surface area contributed by atoms with Gasteiger partial charge in [-0.2, -0.15) is 4.39 Å². The van der Waals surface area contributed by atoms with Crippen LogP contribution in [0.5, 0.6) is 11.5 Å². The lowest BCUT2D eigenvalue weighted by Gasteiger charge is -2.13. The van der Waals surface area contributed by atoms with Crippen molar-refractivity contribution in [3.8, 4) is 11.5 Å². The second-order valence-corrected chi connectivity index (χ2v) is 3.88. The quantitative estimate of drug-likeness (QED) is 0.822. The van der Waals surface area contributed by atoms with Crippen molar-refractivity contribution in [3.63, 3.8) is 0 Å². The summed E-state index contributed by atoms with van der Waals surface area (Å²) in [6.07, 6.45) is 1.16. The summed E-state index contributed by atoms with van der Waals surface area (Å²) in [6.45, 7) is 4.90. The van der Waals surface area contributed by atoms with Gasteiger partial charge in [0.15, 0.2) is 11.5 Å². The summed E-state index contributed by atoms with van der Waals surface area (Å²) in [5.41, 5.74) is 0.731. The molecule has 6 heteroatoms. The molecule has 0 aliphatic heterocycles. The molecule has 0 amide bonds. The Kier molecular flexibility index (Phi) is 4.70. The molecular formula is C14H16FN3O2. The molecule has 2 aromatic rings. The molecule has 5 nitrogen and oxygen atoms in total. The highest BCUT2D eigenvalue weighted by molar-refractivity contribution is 5.61. The minimum atomic E-state index is -0.585. The molecule has 1 aromatic carbocycles. The van der Waals surface area contributed by atoms with Crippen LogP contribution in [0.25, 0.3) is 0 Å². The Bertz CT molecular complexity index is 578. The third-order valence-electron chi connectivity index (χ3n) is 2.45. The zero-order chi connectivity index (χ0) is 14.4. The molecule has 1 aromatic heterocycles. The molecule has 0 saturated carbocycles. The first kappa shape index (κ1) is 14.0. The molecule has 0 aliphatic carbocycles. The second-order valence-electron chi connectivity index (χ2n) is 3.88. The molecule has 0 atom stereocenters. The fourth-order valence-corrected chi connectivity index (χ4v) is 1.68. The Hall–Kier alpha value is -2.37. The molecule has 0 unspecified atom stereocenters. The number of nitrogens with zero attached hydrogens (tertiary/aromatic N) is 2. The first-order chi connectivity index (χ1) is 9.72. The molecule has 1 N–H and O–H groups in total. The standard InChI is InChI=1S/C14H16FN3O2/c1-3-19-11-6-5-10(7-12(11)20-4-2)18-14-8-13(15)16-9-17-14/h5-9H,3-4H2,1-2H3,(H,16,17,18). The maximum atomic E-state index is 13.0. The van der Waals surface area contributed by atoms with Gasteiger partial charge in [0.2, 0.25) is 5.95 Å². The molecular weight excluding hydrogens is 261 g/mol. The lowest BCUT2D eigenvalue weighted by molar-refractivity contribution is 0.288. The number of ether oxygens (including phenoxy) is 2. The molecule has 106 valence electrons. The van der Waals surface area contributed by atoms with Crippen LogP contribution in [0.1, 0.15) is 13.8 Å². The molecule has 0 saturated heterocycles. The fourth-order valence-electron chi connectivity index (χ4n) is 1.68. The van der Waals surface area contributed by atoms with E-state index in [2.05, 4.69) is 15.3 Å². The lowest BCUT2D eigenvalue weighted by atomic mass is 10.2. The predicted molar refractivity (Wildman–Crippen MR) is 74.1 cm³/mol. The van der Waals surface area contributed by atoms with Crippen LogP contribution in [-0.4, -0.2) is 23.2 Å². The third kappa shape index (κ3) is 3.57. The van der Waals surface area contributed by atoms with Crippen molar-refractivity contribution in [1.29, 1.82) is 0 Å². The van der Waals surface area contributed by atoms with E-state index in [4.69, 9.17) is 9.47 Å². The van der Waals surface area contributed by atoms with E-state index in [0.717, 1.165) is 12.0 Å². The summed E-state index contributed by atoms with van der Waals surface area (Å²) in [6, 6.07) is 6.62. The fraction of sp³-hybridized carbons (Fsp3) is 0.286. The SMILES string of the molecule is CCOc1ccc(Nc2cc(F)ncn2)cc1OCC. The molecule has 2 rings (SSSR count). The van der Waals surface area contributed by atoms with Gasteiger partial charge in [0, 0.05) is 17.8 Å². The third-order valence-corrected chi connectivity index (χ3v) is 2.45. The number of rotatable bonds is 6. The maximum Gasteiger partial charge on any atom is 0.218 e. The molecule has 0 fully saturated rings. The van der Waals surface area contributed by atoms with Crippen molar-refractivity contribution in [2.75, 3.05) is 18.5 Å². The van der Waals surface area contributed by atoms with Crippen LogP contribution < -0.4 is 14.8 Å². The maximum absolute atomic E-state index is 13.0. The van der Waals surface area contributed by atoms with Crippen LogP contribution >= 0.6 is 0 Å². The number of aromatic nitrogens is 2. The van der Waals surface area contributed by atoms with Crippen LogP contribution in [0.15, 0.2) is 30.6 Å². The number of nitrogens with one attached hydrogen (secondary N) is 1. The molecule has 0 bridgehead atoms. The van der Waals surface area contributed by atoms with Crippen LogP contribution in [-0.2, 0) is 0 Å². The highest BCUT2D eigenvalue weighted by Crippen LogP contribution is 2.31. The second kappa shape index (κ2) is 6.70. The van der Waals surface area contributed by atoms with Crippen molar-refractivity contribution >= 4 is 11.5 Å². The van der Waals surface area contributed by atoms with E-state index in [9.17, 15) is 4.39 Å². The Morgan fingerprint density at radius 1 is 1.05 bits per heavy atom. The van der Waals surface area contributed by atoms with Gasteiger partial charge in [-0.15, -0.1) is 0 Å². The summed E-state index contributed by atoms with van der Waals surface area (Å²) in [5, 5.41) is 2.99. The summed E-state index contributed by atoms with van der Waals surface area (Å²) >= 11 is 0. The van der Waals surface area contributed by atoms with E-state index in [1.54, 1.807) is 12.1 Å². The van der Waals surface area contributed by atoms with Gasteiger partial charge in [-0.1, -0.05) is 0 Å². The zero-order valence-electron chi connectivity index (χ0n) is 11.4. The minimum absolute atomic E-state index is 0.379. The van der Waals surface area contributed by atoms with Gasteiger partial charge in [-0.3, -0.25) is 0 Å².